The Hall–Kier alpha value is -6.24. The number of hydrogen-bond donors (Lipinski definition) is 0. The summed E-state index contributed by atoms with van der Waals surface area (Å²) in [5.41, 5.74) is 4.94. The number of ether oxygens (including phenoxy) is 7. The molecule has 1 saturated carbocycles. The molecule has 13 nitrogen and oxygen atoms in total. The van der Waals surface area contributed by atoms with Gasteiger partial charge in [0.15, 0.2) is 0 Å². The minimum Gasteiger partial charge on any atom is -0.492 e. The van der Waals surface area contributed by atoms with Crippen molar-refractivity contribution in [2.24, 2.45) is 17.3 Å². The van der Waals surface area contributed by atoms with Crippen molar-refractivity contribution in [1.82, 2.24) is 0 Å². The fraction of sp³-hybridized carbons (Fsp3) is 0.491. The number of carbonyl (C=O) groups is 6. The second kappa shape index (κ2) is 28.2. The molecule has 0 radical (unpaired) electrons. The van der Waals surface area contributed by atoms with Crippen LogP contribution in [0.5, 0.6) is 5.75 Å². The van der Waals surface area contributed by atoms with E-state index < -0.39 is 73.9 Å². The number of benzene rings is 3. The van der Waals surface area contributed by atoms with Crippen LogP contribution in [-0.4, -0.2) is 83.1 Å². The first-order valence-electron chi connectivity index (χ1n) is 23.7. The van der Waals surface area contributed by atoms with E-state index in [-0.39, 0.29) is 24.4 Å². The first-order chi connectivity index (χ1) is 32.6. The molecule has 68 heavy (non-hydrogen) atoms. The van der Waals surface area contributed by atoms with Gasteiger partial charge in [0, 0.05) is 11.1 Å². The van der Waals surface area contributed by atoms with Crippen LogP contribution in [0.1, 0.15) is 109 Å². The highest BCUT2D eigenvalue weighted by Crippen LogP contribution is 2.35. The van der Waals surface area contributed by atoms with Crippen molar-refractivity contribution in [3.8, 4) is 28.0 Å². The van der Waals surface area contributed by atoms with E-state index in [1.165, 1.54) is 70.3 Å². The lowest BCUT2D eigenvalue weighted by Gasteiger charge is -2.32. The molecular formula is C55H70O13. The third kappa shape index (κ3) is 18.4. The summed E-state index contributed by atoms with van der Waals surface area (Å²) in [5, 5.41) is 0. The molecule has 0 unspecified atom stereocenters. The maximum absolute atomic E-state index is 12.7. The smallest absolute Gasteiger partial charge is 0.333 e. The van der Waals surface area contributed by atoms with Crippen LogP contribution in [-0.2, 0) is 70.0 Å². The highest BCUT2D eigenvalue weighted by Gasteiger charge is 2.38. The average molecular weight is 939 g/mol. The van der Waals surface area contributed by atoms with E-state index in [1.807, 2.05) is 12.1 Å². The first-order valence-corrected chi connectivity index (χ1v) is 23.7. The summed E-state index contributed by atoms with van der Waals surface area (Å²) >= 11 is 0. The van der Waals surface area contributed by atoms with Gasteiger partial charge in [-0.3, -0.25) is 19.2 Å². The zero-order chi connectivity index (χ0) is 49.5. The van der Waals surface area contributed by atoms with Gasteiger partial charge in [0.1, 0.15) is 50.4 Å². The molecule has 368 valence electrons. The normalized spacial score (nSPS) is 14.5. The third-order valence-corrected chi connectivity index (χ3v) is 12.3. The summed E-state index contributed by atoms with van der Waals surface area (Å²) in [6, 6.07) is 22.8. The molecular weight excluding hydrogens is 869 g/mol. The van der Waals surface area contributed by atoms with Crippen LogP contribution in [0, 0.1) is 17.3 Å². The predicted molar refractivity (Wildman–Crippen MR) is 258 cm³/mol. The fourth-order valence-electron chi connectivity index (χ4n) is 8.00. The molecule has 0 bridgehead atoms. The van der Waals surface area contributed by atoms with E-state index >= 15 is 0 Å². The lowest BCUT2D eigenvalue weighted by Crippen LogP contribution is -2.44. The molecule has 1 aliphatic carbocycles. The largest absolute Gasteiger partial charge is 0.492 e. The Morgan fingerprint density at radius 3 is 1.57 bits per heavy atom. The number of hydrogen-bond acceptors (Lipinski definition) is 13. The lowest BCUT2D eigenvalue weighted by atomic mass is 9.78. The van der Waals surface area contributed by atoms with Crippen LogP contribution >= 0.6 is 0 Å². The van der Waals surface area contributed by atoms with Crippen molar-refractivity contribution >= 4 is 35.8 Å². The summed E-state index contributed by atoms with van der Waals surface area (Å²) in [7, 11) is 2.24. The van der Waals surface area contributed by atoms with Crippen LogP contribution in [0.25, 0.3) is 22.3 Å². The van der Waals surface area contributed by atoms with Gasteiger partial charge in [0.2, 0.25) is 0 Å². The van der Waals surface area contributed by atoms with E-state index in [0.29, 0.717) is 18.6 Å². The SMILES string of the molecule is C=C(C)C(=O)OCCCc1cc(-c2ccc(-c3ccc(CCC4CCC(CCCCC)CC4)cc3)cc2)ccc1OCC(COC(=O)CC(=O)OC)(COC(=O)CC(=O)OC)COC(=O)C(=C)C. The van der Waals surface area contributed by atoms with Gasteiger partial charge in [-0.15, -0.1) is 0 Å². The Morgan fingerprint density at radius 1 is 0.559 bits per heavy atom. The van der Waals surface area contributed by atoms with Gasteiger partial charge in [-0.25, -0.2) is 9.59 Å². The van der Waals surface area contributed by atoms with Crippen LogP contribution in [0.4, 0.5) is 0 Å². The van der Waals surface area contributed by atoms with Gasteiger partial charge in [-0.2, -0.15) is 0 Å². The average Bonchev–Trinajstić information content (AvgIpc) is 3.34. The van der Waals surface area contributed by atoms with E-state index in [2.05, 4.69) is 78.1 Å². The molecule has 3 aromatic carbocycles. The van der Waals surface area contributed by atoms with Crippen molar-refractivity contribution in [1.29, 1.82) is 0 Å². The summed E-state index contributed by atoms with van der Waals surface area (Å²) in [4.78, 5) is 73.9. The number of esters is 6. The first kappa shape index (κ1) is 54.4. The number of aryl methyl sites for hydroxylation is 2. The summed E-state index contributed by atoms with van der Waals surface area (Å²) < 4.78 is 37.4. The molecule has 0 aliphatic heterocycles. The minimum atomic E-state index is -1.56. The van der Waals surface area contributed by atoms with E-state index in [4.69, 9.17) is 23.7 Å². The number of rotatable bonds is 28. The highest BCUT2D eigenvalue weighted by atomic mass is 16.6. The zero-order valence-electron chi connectivity index (χ0n) is 40.7. The summed E-state index contributed by atoms with van der Waals surface area (Å²) in [6.07, 6.45) is 12.7. The maximum Gasteiger partial charge on any atom is 0.333 e. The lowest BCUT2D eigenvalue weighted by molar-refractivity contribution is -0.165. The number of carbonyl (C=O) groups excluding carboxylic acids is 6. The van der Waals surface area contributed by atoms with Crippen molar-refractivity contribution in [3.63, 3.8) is 0 Å². The molecule has 4 rings (SSSR count). The number of methoxy groups -OCH3 is 2. The maximum atomic E-state index is 12.7. The van der Waals surface area contributed by atoms with Gasteiger partial charge < -0.3 is 33.2 Å². The Bertz CT molecular complexity index is 2130. The molecule has 13 heteroatoms. The second-order valence-corrected chi connectivity index (χ2v) is 18.0. The molecule has 0 aromatic heterocycles. The van der Waals surface area contributed by atoms with Gasteiger partial charge in [0.25, 0.3) is 0 Å². The van der Waals surface area contributed by atoms with E-state index in [1.54, 1.807) is 13.0 Å². The van der Waals surface area contributed by atoms with Crippen molar-refractivity contribution in [2.45, 2.75) is 111 Å². The standard InChI is InChI=1S/C55H70O13/c1-8-9-10-12-40-14-16-41(17-15-40)18-19-42-20-22-43(23-21-42)44-24-26-45(27-25-44)46-28-29-48(47(31-46)13-11-30-64-53(60)38(2)3)65-34-55(37-68-54(61)39(4)5,35-66-51(58)32-49(56)62-6)36-67-52(59)33-50(57)63-7/h20-29,31,40-41H,2,4,8-19,30,32-37H2,1,3,5-7H3. The molecule has 0 N–H and O–H groups in total. The van der Waals surface area contributed by atoms with E-state index in [9.17, 15) is 28.8 Å². The second-order valence-electron chi connectivity index (χ2n) is 18.0. The summed E-state index contributed by atoms with van der Waals surface area (Å²) in [5.74, 6) is -2.74. The molecule has 3 aromatic rings. The molecule has 1 aliphatic rings. The molecule has 0 spiro atoms. The molecule has 0 amide bonds. The van der Waals surface area contributed by atoms with Crippen molar-refractivity contribution < 1.29 is 61.9 Å². The molecule has 0 heterocycles. The number of unbranched alkanes of at least 4 members (excludes halogenated alkanes) is 2. The van der Waals surface area contributed by atoms with Crippen molar-refractivity contribution in [3.05, 3.63) is 102 Å². The van der Waals surface area contributed by atoms with E-state index in [0.717, 1.165) is 60.3 Å². The Balaban J connectivity index is 1.54. The quantitative estimate of drug-likeness (QED) is 0.0222. The Kier molecular flexibility index (Phi) is 22.5. The van der Waals surface area contributed by atoms with Gasteiger partial charge >= 0.3 is 35.8 Å². The minimum absolute atomic E-state index is 0.0762. The van der Waals surface area contributed by atoms with Crippen LogP contribution in [0.3, 0.4) is 0 Å². The van der Waals surface area contributed by atoms with Crippen LogP contribution < -0.4 is 4.74 Å². The fourth-order valence-corrected chi connectivity index (χ4v) is 8.00. The van der Waals surface area contributed by atoms with Crippen LogP contribution in [0.2, 0.25) is 0 Å². The van der Waals surface area contributed by atoms with Gasteiger partial charge in [-0.1, -0.05) is 126 Å². The zero-order valence-corrected chi connectivity index (χ0v) is 40.7. The molecule has 0 atom stereocenters. The summed E-state index contributed by atoms with van der Waals surface area (Å²) in [6.45, 7) is 10.7. The molecule has 0 saturated heterocycles. The third-order valence-electron chi connectivity index (χ3n) is 12.3. The molecule has 1 fully saturated rings. The highest BCUT2D eigenvalue weighted by molar-refractivity contribution is 5.92. The monoisotopic (exact) mass is 938 g/mol. The Labute approximate surface area is 401 Å². The topological polar surface area (TPSA) is 167 Å². The Morgan fingerprint density at radius 2 is 1.04 bits per heavy atom. The predicted octanol–water partition coefficient (Wildman–Crippen LogP) is 10.1. The van der Waals surface area contributed by atoms with Crippen molar-refractivity contribution in [2.75, 3.05) is 47.3 Å². The van der Waals surface area contributed by atoms with Gasteiger partial charge in [-0.05, 0) is 96.9 Å². The van der Waals surface area contributed by atoms with Gasteiger partial charge in [0.05, 0.1) is 20.8 Å². The van der Waals surface area contributed by atoms with Crippen LogP contribution in [0.15, 0.2) is 91.0 Å².